The van der Waals surface area contributed by atoms with Gasteiger partial charge in [-0.25, -0.2) is 9.59 Å². The number of fused-ring (bicyclic) bond motifs is 3. The molecule has 0 fully saturated rings. The number of benzene rings is 6. The summed E-state index contributed by atoms with van der Waals surface area (Å²) in [4.78, 5) is 26.6. The number of carboxylic acid groups (broad SMARTS) is 2. The molecule has 218 valence electrons. The molecular formula is C39H26O4S2. The Morgan fingerprint density at radius 3 is 1.07 bits per heavy atom. The van der Waals surface area contributed by atoms with E-state index in [0.29, 0.717) is 0 Å². The Hall–Kier alpha value is -5.04. The van der Waals surface area contributed by atoms with Crippen LogP contribution in [0.1, 0.15) is 43.0 Å². The van der Waals surface area contributed by atoms with Crippen molar-refractivity contribution in [2.24, 2.45) is 0 Å². The van der Waals surface area contributed by atoms with Gasteiger partial charge in [0.25, 0.3) is 0 Å². The van der Waals surface area contributed by atoms with Gasteiger partial charge >= 0.3 is 11.9 Å². The van der Waals surface area contributed by atoms with E-state index in [-0.39, 0.29) is 11.1 Å². The summed E-state index contributed by atoms with van der Waals surface area (Å²) in [6.45, 7) is 0. The lowest BCUT2D eigenvalue weighted by Gasteiger charge is -2.34. The Bertz CT molecular complexity index is 1880. The normalized spacial score (nSPS) is 12.7. The SMILES string of the molecule is O=C(O)c1ccc(Sc2ccc(C3(c4ccc(Sc5ccc(C(=O)O)cc5)cc4)c4ccccc4-c4ccccc43)cc2)cc1. The van der Waals surface area contributed by atoms with Crippen molar-refractivity contribution in [3.8, 4) is 11.1 Å². The van der Waals surface area contributed by atoms with E-state index >= 15 is 0 Å². The minimum Gasteiger partial charge on any atom is -0.478 e. The summed E-state index contributed by atoms with van der Waals surface area (Å²) >= 11 is 3.20. The topological polar surface area (TPSA) is 74.6 Å². The van der Waals surface area contributed by atoms with Crippen LogP contribution in [0.4, 0.5) is 0 Å². The molecule has 0 saturated heterocycles. The first-order valence-corrected chi connectivity index (χ1v) is 16.0. The summed E-state index contributed by atoms with van der Waals surface area (Å²) in [7, 11) is 0. The van der Waals surface area contributed by atoms with Crippen LogP contribution in [0.15, 0.2) is 165 Å². The predicted molar refractivity (Wildman–Crippen MR) is 179 cm³/mol. The van der Waals surface area contributed by atoms with Gasteiger partial charge < -0.3 is 10.2 Å². The van der Waals surface area contributed by atoms with Crippen LogP contribution in [0.2, 0.25) is 0 Å². The van der Waals surface area contributed by atoms with Crippen LogP contribution in [0, 0.1) is 0 Å². The summed E-state index contributed by atoms with van der Waals surface area (Å²) in [6.07, 6.45) is 0. The molecule has 6 heteroatoms. The predicted octanol–water partition coefficient (Wildman–Crippen LogP) is 9.75. The molecule has 0 aromatic heterocycles. The Balaban J connectivity index is 1.28. The number of rotatable bonds is 8. The van der Waals surface area contributed by atoms with Crippen LogP contribution >= 0.6 is 23.5 Å². The summed E-state index contributed by atoms with van der Waals surface area (Å²) in [5.74, 6) is -1.86. The molecule has 7 rings (SSSR count). The van der Waals surface area contributed by atoms with Gasteiger partial charge in [-0.2, -0.15) is 0 Å². The van der Waals surface area contributed by atoms with E-state index in [1.165, 1.54) is 22.3 Å². The molecule has 0 atom stereocenters. The Morgan fingerprint density at radius 2 is 0.733 bits per heavy atom. The zero-order valence-corrected chi connectivity index (χ0v) is 25.5. The lowest BCUT2D eigenvalue weighted by molar-refractivity contribution is 0.0686. The third-order valence-corrected chi connectivity index (χ3v) is 10.2. The fourth-order valence-electron chi connectivity index (χ4n) is 6.17. The molecule has 2 N–H and O–H groups in total. The zero-order valence-electron chi connectivity index (χ0n) is 23.9. The van der Waals surface area contributed by atoms with Gasteiger partial charge in [0.15, 0.2) is 0 Å². The second-order valence-electron chi connectivity index (χ2n) is 10.8. The molecule has 0 unspecified atom stereocenters. The fourth-order valence-corrected chi connectivity index (χ4v) is 7.81. The average molecular weight is 623 g/mol. The fraction of sp³-hybridized carbons (Fsp3) is 0.0256. The number of carboxylic acids is 2. The molecule has 0 saturated carbocycles. The van der Waals surface area contributed by atoms with Crippen molar-refractivity contribution in [3.05, 3.63) is 179 Å². The summed E-state index contributed by atoms with van der Waals surface area (Å²) < 4.78 is 0. The van der Waals surface area contributed by atoms with Gasteiger partial charge in [0.05, 0.1) is 16.5 Å². The molecule has 45 heavy (non-hydrogen) atoms. The summed E-state index contributed by atoms with van der Waals surface area (Å²) in [5.41, 5.74) is 7.27. The highest BCUT2D eigenvalue weighted by molar-refractivity contribution is 7.99. The molecule has 1 aliphatic rings. The molecule has 0 amide bonds. The van der Waals surface area contributed by atoms with Gasteiger partial charge in [-0.1, -0.05) is 96.3 Å². The van der Waals surface area contributed by atoms with Gasteiger partial charge in [-0.15, -0.1) is 0 Å². The van der Waals surface area contributed by atoms with E-state index in [0.717, 1.165) is 30.7 Å². The number of aromatic carboxylic acids is 2. The number of carbonyl (C=O) groups is 2. The highest BCUT2D eigenvalue weighted by atomic mass is 32.2. The van der Waals surface area contributed by atoms with Crippen LogP contribution in [0.25, 0.3) is 11.1 Å². The molecule has 0 spiro atoms. The largest absolute Gasteiger partial charge is 0.478 e. The molecule has 6 aromatic rings. The molecule has 1 aliphatic carbocycles. The van der Waals surface area contributed by atoms with Crippen LogP contribution in [0.5, 0.6) is 0 Å². The number of hydrogen-bond donors (Lipinski definition) is 2. The van der Waals surface area contributed by atoms with Crippen molar-refractivity contribution >= 4 is 35.5 Å². The quantitative estimate of drug-likeness (QED) is 0.176. The van der Waals surface area contributed by atoms with Gasteiger partial charge in [0.1, 0.15) is 0 Å². The molecule has 4 nitrogen and oxygen atoms in total. The van der Waals surface area contributed by atoms with Crippen LogP contribution in [-0.2, 0) is 5.41 Å². The van der Waals surface area contributed by atoms with Crippen LogP contribution in [0.3, 0.4) is 0 Å². The van der Waals surface area contributed by atoms with Gasteiger partial charge in [0.2, 0.25) is 0 Å². The lowest BCUT2D eigenvalue weighted by Crippen LogP contribution is -2.28. The lowest BCUT2D eigenvalue weighted by atomic mass is 9.68. The average Bonchev–Trinajstić information content (AvgIpc) is 3.37. The van der Waals surface area contributed by atoms with E-state index in [4.69, 9.17) is 0 Å². The molecule has 0 bridgehead atoms. The number of hydrogen-bond acceptors (Lipinski definition) is 4. The van der Waals surface area contributed by atoms with Crippen molar-refractivity contribution in [1.82, 2.24) is 0 Å². The second kappa shape index (κ2) is 11.8. The maximum Gasteiger partial charge on any atom is 0.335 e. The van der Waals surface area contributed by atoms with Gasteiger partial charge in [0, 0.05) is 19.6 Å². The van der Waals surface area contributed by atoms with E-state index < -0.39 is 17.4 Å². The summed E-state index contributed by atoms with van der Waals surface area (Å²) in [6, 6.07) is 48.5. The molecular weight excluding hydrogens is 597 g/mol. The maximum absolute atomic E-state index is 11.3. The third-order valence-electron chi connectivity index (χ3n) is 8.20. The van der Waals surface area contributed by atoms with E-state index in [9.17, 15) is 19.8 Å². The van der Waals surface area contributed by atoms with Gasteiger partial charge in [-0.3, -0.25) is 0 Å². The molecule has 6 aromatic carbocycles. The highest BCUT2D eigenvalue weighted by Crippen LogP contribution is 2.56. The minimum absolute atomic E-state index is 0.274. The molecule has 0 aliphatic heterocycles. The van der Waals surface area contributed by atoms with Crippen LogP contribution in [-0.4, -0.2) is 22.2 Å². The minimum atomic E-state index is -0.931. The molecule has 0 heterocycles. The third kappa shape index (κ3) is 5.22. The molecule has 0 radical (unpaired) electrons. The van der Waals surface area contributed by atoms with E-state index in [1.807, 2.05) is 24.3 Å². The van der Waals surface area contributed by atoms with Crippen molar-refractivity contribution in [3.63, 3.8) is 0 Å². The first-order valence-electron chi connectivity index (χ1n) is 14.4. The smallest absolute Gasteiger partial charge is 0.335 e. The highest BCUT2D eigenvalue weighted by Gasteiger charge is 2.45. The summed E-state index contributed by atoms with van der Waals surface area (Å²) in [5, 5.41) is 18.5. The standard InChI is InChI=1S/C39H26O4S2/c40-37(41)25-9-17-29(18-10-25)44-31-21-13-27(14-22-31)39(35-7-3-1-5-33(35)34-6-2-4-8-36(34)39)28-15-23-32(24-16-28)45-30-19-11-26(12-20-30)38(42)43/h1-24H,(H,40,41)(H,42,43). The van der Waals surface area contributed by atoms with Crippen molar-refractivity contribution in [2.45, 2.75) is 25.0 Å². The van der Waals surface area contributed by atoms with Crippen molar-refractivity contribution in [1.29, 1.82) is 0 Å². The van der Waals surface area contributed by atoms with Crippen LogP contribution < -0.4 is 0 Å². The first-order chi connectivity index (χ1) is 21.9. The Labute approximate surface area is 269 Å². The first kappa shape index (κ1) is 28.7. The zero-order chi connectivity index (χ0) is 31.0. The second-order valence-corrected chi connectivity index (χ2v) is 13.0. The Kier molecular flexibility index (Phi) is 7.53. The maximum atomic E-state index is 11.3. The Morgan fingerprint density at radius 1 is 0.422 bits per heavy atom. The van der Waals surface area contributed by atoms with E-state index in [2.05, 4.69) is 97.1 Å². The van der Waals surface area contributed by atoms with E-state index in [1.54, 1.807) is 47.8 Å². The van der Waals surface area contributed by atoms with Crippen molar-refractivity contribution in [2.75, 3.05) is 0 Å². The monoisotopic (exact) mass is 622 g/mol. The van der Waals surface area contributed by atoms with Gasteiger partial charge in [-0.05, 0) is 106 Å². The van der Waals surface area contributed by atoms with Crippen molar-refractivity contribution < 1.29 is 19.8 Å².